The lowest BCUT2D eigenvalue weighted by Crippen LogP contribution is -2.45. The standard InChI is InChI=1S/C18H21NO4/c1-4-12(2)17(18(21)22-3)19-16(20)10-9-14-11-13-7-5-6-8-15(13)23-14/h5-12,17H,4H2,1-3H3,(H,19,20). The van der Waals surface area contributed by atoms with Gasteiger partial charge >= 0.3 is 5.97 Å². The molecule has 1 aromatic carbocycles. The summed E-state index contributed by atoms with van der Waals surface area (Å²) < 4.78 is 10.3. The number of amides is 1. The summed E-state index contributed by atoms with van der Waals surface area (Å²) in [4.78, 5) is 23.8. The molecule has 0 aliphatic heterocycles. The zero-order valence-electron chi connectivity index (χ0n) is 13.5. The van der Waals surface area contributed by atoms with Crippen molar-refractivity contribution in [1.29, 1.82) is 0 Å². The zero-order chi connectivity index (χ0) is 16.8. The van der Waals surface area contributed by atoms with Crippen LogP contribution in [0.3, 0.4) is 0 Å². The van der Waals surface area contributed by atoms with Gasteiger partial charge in [-0.25, -0.2) is 4.79 Å². The van der Waals surface area contributed by atoms with Crippen LogP contribution in [0.15, 0.2) is 40.8 Å². The van der Waals surface area contributed by atoms with Gasteiger partial charge in [0, 0.05) is 11.5 Å². The van der Waals surface area contributed by atoms with Crippen LogP contribution in [0, 0.1) is 5.92 Å². The lowest BCUT2D eigenvalue weighted by molar-refractivity contribution is -0.146. The maximum absolute atomic E-state index is 12.0. The summed E-state index contributed by atoms with van der Waals surface area (Å²) >= 11 is 0. The van der Waals surface area contributed by atoms with Gasteiger partial charge in [-0.3, -0.25) is 4.79 Å². The Morgan fingerprint density at radius 1 is 1.35 bits per heavy atom. The van der Waals surface area contributed by atoms with Crippen LogP contribution in [0.1, 0.15) is 26.0 Å². The number of carbonyl (C=O) groups excluding carboxylic acids is 2. The van der Waals surface area contributed by atoms with E-state index in [1.165, 1.54) is 13.2 Å². The maximum Gasteiger partial charge on any atom is 0.328 e. The van der Waals surface area contributed by atoms with Gasteiger partial charge in [-0.1, -0.05) is 38.5 Å². The van der Waals surface area contributed by atoms with E-state index in [2.05, 4.69) is 5.32 Å². The first-order valence-electron chi connectivity index (χ1n) is 7.60. The van der Waals surface area contributed by atoms with Crippen molar-refractivity contribution in [3.8, 4) is 0 Å². The van der Waals surface area contributed by atoms with Crippen molar-refractivity contribution in [3.05, 3.63) is 42.2 Å². The quantitative estimate of drug-likeness (QED) is 0.657. The average molecular weight is 315 g/mol. The summed E-state index contributed by atoms with van der Waals surface area (Å²) in [6.07, 6.45) is 3.70. The van der Waals surface area contributed by atoms with Gasteiger partial charge in [0.05, 0.1) is 7.11 Å². The van der Waals surface area contributed by atoms with Crippen molar-refractivity contribution in [3.63, 3.8) is 0 Å². The molecule has 0 saturated heterocycles. The topological polar surface area (TPSA) is 68.5 Å². The van der Waals surface area contributed by atoms with E-state index in [0.29, 0.717) is 5.76 Å². The van der Waals surface area contributed by atoms with Crippen molar-refractivity contribution in [2.24, 2.45) is 5.92 Å². The van der Waals surface area contributed by atoms with Gasteiger partial charge in [-0.15, -0.1) is 0 Å². The van der Waals surface area contributed by atoms with Crippen LogP contribution in [-0.2, 0) is 14.3 Å². The monoisotopic (exact) mass is 315 g/mol. The van der Waals surface area contributed by atoms with Crippen molar-refractivity contribution < 1.29 is 18.7 Å². The van der Waals surface area contributed by atoms with Crippen molar-refractivity contribution in [2.45, 2.75) is 26.3 Å². The molecule has 2 unspecified atom stereocenters. The first-order chi connectivity index (χ1) is 11.0. The zero-order valence-corrected chi connectivity index (χ0v) is 13.5. The molecule has 0 spiro atoms. The number of carbonyl (C=O) groups is 2. The van der Waals surface area contributed by atoms with Crippen LogP contribution in [0.25, 0.3) is 17.0 Å². The summed E-state index contributed by atoms with van der Waals surface area (Å²) in [5, 5.41) is 3.65. The third kappa shape index (κ3) is 4.22. The Labute approximate surface area is 135 Å². The molecule has 1 aromatic heterocycles. The number of hydrogen-bond donors (Lipinski definition) is 1. The van der Waals surface area contributed by atoms with Crippen LogP contribution in [0.4, 0.5) is 0 Å². The summed E-state index contributed by atoms with van der Waals surface area (Å²) in [5.74, 6) is -0.225. The molecule has 0 bridgehead atoms. The number of para-hydroxylation sites is 1. The second-order valence-electron chi connectivity index (χ2n) is 5.41. The van der Waals surface area contributed by atoms with Gasteiger partial charge in [0.1, 0.15) is 17.4 Å². The summed E-state index contributed by atoms with van der Waals surface area (Å²) in [6.45, 7) is 3.85. The minimum atomic E-state index is -0.655. The highest BCUT2D eigenvalue weighted by Gasteiger charge is 2.25. The van der Waals surface area contributed by atoms with Crippen LogP contribution in [-0.4, -0.2) is 25.0 Å². The average Bonchev–Trinajstić information content (AvgIpc) is 2.99. The number of hydrogen-bond acceptors (Lipinski definition) is 4. The van der Waals surface area contributed by atoms with E-state index >= 15 is 0 Å². The van der Waals surface area contributed by atoms with E-state index in [-0.39, 0.29) is 11.8 Å². The van der Waals surface area contributed by atoms with E-state index in [1.807, 2.05) is 44.2 Å². The molecule has 0 aliphatic carbocycles. The fourth-order valence-corrected chi connectivity index (χ4v) is 2.24. The molecule has 1 amide bonds. The maximum atomic E-state index is 12.0. The minimum absolute atomic E-state index is 0.00833. The lowest BCUT2D eigenvalue weighted by atomic mass is 9.99. The number of esters is 1. The fourth-order valence-electron chi connectivity index (χ4n) is 2.24. The van der Waals surface area contributed by atoms with E-state index in [9.17, 15) is 9.59 Å². The normalized spacial score (nSPS) is 13.9. The molecule has 0 saturated carbocycles. The van der Waals surface area contributed by atoms with E-state index < -0.39 is 12.0 Å². The number of methoxy groups -OCH3 is 1. The first-order valence-corrected chi connectivity index (χ1v) is 7.60. The van der Waals surface area contributed by atoms with Gasteiger partial charge in [0.2, 0.25) is 5.91 Å². The van der Waals surface area contributed by atoms with E-state index in [1.54, 1.807) is 6.08 Å². The van der Waals surface area contributed by atoms with Gasteiger partial charge in [0.15, 0.2) is 0 Å². The minimum Gasteiger partial charge on any atom is -0.467 e. The predicted molar refractivity (Wildman–Crippen MR) is 88.6 cm³/mol. The molecule has 122 valence electrons. The Morgan fingerprint density at radius 3 is 2.74 bits per heavy atom. The Hall–Kier alpha value is -2.56. The molecule has 0 fully saturated rings. The number of rotatable bonds is 6. The number of furan rings is 1. The highest BCUT2D eigenvalue weighted by molar-refractivity contribution is 5.95. The molecule has 1 heterocycles. The molecule has 5 heteroatoms. The Kier molecular flexibility index (Phi) is 5.57. The van der Waals surface area contributed by atoms with Crippen LogP contribution < -0.4 is 5.32 Å². The third-order valence-corrected chi connectivity index (χ3v) is 3.81. The number of ether oxygens (including phenoxy) is 1. The second kappa shape index (κ2) is 7.63. The van der Waals surface area contributed by atoms with Crippen LogP contribution in [0.2, 0.25) is 0 Å². The number of nitrogens with one attached hydrogen (secondary N) is 1. The third-order valence-electron chi connectivity index (χ3n) is 3.81. The van der Waals surface area contributed by atoms with Gasteiger partial charge in [-0.05, 0) is 24.1 Å². The molecular formula is C18H21NO4. The Morgan fingerprint density at radius 2 is 2.09 bits per heavy atom. The Balaban J connectivity index is 2.06. The summed E-state index contributed by atoms with van der Waals surface area (Å²) in [5.41, 5.74) is 0.764. The molecule has 2 aromatic rings. The molecule has 0 aliphatic rings. The fraction of sp³-hybridized carbons (Fsp3) is 0.333. The second-order valence-corrected chi connectivity index (χ2v) is 5.41. The molecule has 2 rings (SSSR count). The smallest absolute Gasteiger partial charge is 0.328 e. The molecule has 23 heavy (non-hydrogen) atoms. The van der Waals surface area contributed by atoms with E-state index in [0.717, 1.165) is 17.4 Å². The van der Waals surface area contributed by atoms with Gasteiger partial charge < -0.3 is 14.5 Å². The van der Waals surface area contributed by atoms with Crippen LogP contribution >= 0.6 is 0 Å². The molecular weight excluding hydrogens is 294 g/mol. The summed E-state index contributed by atoms with van der Waals surface area (Å²) in [7, 11) is 1.31. The molecule has 1 N–H and O–H groups in total. The van der Waals surface area contributed by atoms with Crippen molar-refractivity contribution in [2.75, 3.05) is 7.11 Å². The number of fused-ring (bicyclic) bond motifs is 1. The Bertz CT molecular complexity index is 684. The molecule has 2 atom stereocenters. The SMILES string of the molecule is CCC(C)C(NC(=O)C=Cc1cc2ccccc2o1)C(=O)OC. The molecule has 5 nitrogen and oxygen atoms in total. The van der Waals surface area contributed by atoms with Crippen molar-refractivity contribution in [1.82, 2.24) is 5.32 Å². The lowest BCUT2D eigenvalue weighted by Gasteiger charge is -2.20. The van der Waals surface area contributed by atoms with Crippen LogP contribution in [0.5, 0.6) is 0 Å². The summed E-state index contributed by atoms with van der Waals surface area (Å²) in [6, 6.07) is 8.81. The molecule has 0 radical (unpaired) electrons. The van der Waals surface area contributed by atoms with Gasteiger partial charge in [0.25, 0.3) is 0 Å². The highest BCUT2D eigenvalue weighted by Crippen LogP contribution is 2.19. The predicted octanol–water partition coefficient (Wildman–Crippen LogP) is 3.15. The van der Waals surface area contributed by atoms with Gasteiger partial charge in [-0.2, -0.15) is 0 Å². The van der Waals surface area contributed by atoms with Crippen molar-refractivity contribution >= 4 is 28.9 Å². The highest BCUT2D eigenvalue weighted by atomic mass is 16.5. The largest absolute Gasteiger partial charge is 0.467 e. The van der Waals surface area contributed by atoms with E-state index in [4.69, 9.17) is 9.15 Å². The number of benzene rings is 1. The first kappa shape index (κ1) is 16.8.